The highest BCUT2D eigenvalue weighted by atomic mass is 35.5. The maximum Gasteiger partial charge on any atom is 0.434 e. The van der Waals surface area contributed by atoms with Gasteiger partial charge in [-0.3, -0.25) is 4.79 Å². The molecule has 10 nitrogen and oxygen atoms in total. The Bertz CT molecular complexity index is 1130. The summed E-state index contributed by atoms with van der Waals surface area (Å²) in [5.74, 6) is -0.362. The fraction of sp³-hybridized carbons (Fsp3) is 0.474. The number of amides is 1. The Labute approximate surface area is 206 Å². The Morgan fingerprint density at radius 1 is 1.27 bits per heavy atom. The molecule has 1 aromatic heterocycles. The van der Waals surface area contributed by atoms with Gasteiger partial charge in [-0.2, -0.15) is 4.72 Å². The predicted molar refractivity (Wildman–Crippen MR) is 124 cm³/mol. The van der Waals surface area contributed by atoms with Gasteiger partial charge in [0.25, 0.3) is 0 Å². The molecular formula is C19H22Cl3N5O5S. The van der Waals surface area contributed by atoms with E-state index in [0.29, 0.717) is 19.0 Å². The lowest BCUT2D eigenvalue weighted by molar-refractivity contribution is -0.396. The number of nitrogens with one attached hydrogen (secondary N) is 1. The molecule has 1 unspecified atom stereocenters. The molecule has 1 fully saturated rings. The first-order chi connectivity index (χ1) is 15.5. The van der Waals surface area contributed by atoms with Crippen LogP contribution in [-0.2, 0) is 21.4 Å². The number of carbonyl (C=O) groups is 1. The smallest absolute Gasteiger partial charge is 0.390 e. The Morgan fingerprint density at radius 2 is 1.88 bits per heavy atom. The molecule has 180 valence electrons. The summed E-state index contributed by atoms with van der Waals surface area (Å²) in [4.78, 5) is 28.6. The zero-order valence-electron chi connectivity index (χ0n) is 17.6. The Balaban J connectivity index is 1.88. The van der Waals surface area contributed by atoms with Gasteiger partial charge in [0.1, 0.15) is 23.3 Å². The summed E-state index contributed by atoms with van der Waals surface area (Å²) in [5.41, 5.74) is 0. The van der Waals surface area contributed by atoms with E-state index in [1.165, 1.54) is 29.1 Å². The summed E-state index contributed by atoms with van der Waals surface area (Å²) in [5, 5.41) is 10.9. The molecule has 3 rings (SSSR count). The highest BCUT2D eigenvalue weighted by Gasteiger charge is 2.33. The molecule has 1 aliphatic rings. The number of rotatable bonds is 8. The lowest BCUT2D eigenvalue weighted by Gasteiger charge is -2.33. The van der Waals surface area contributed by atoms with Crippen LogP contribution in [0.25, 0.3) is 0 Å². The van der Waals surface area contributed by atoms with Crippen LogP contribution in [0.3, 0.4) is 0 Å². The van der Waals surface area contributed by atoms with Crippen molar-refractivity contribution >= 4 is 56.7 Å². The molecule has 1 saturated heterocycles. The number of imidazole rings is 1. The molecule has 1 amide bonds. The summed E-state index contributed by atoms with van der Waals surface area (Å²) in [7, 11) is -4.33. The normalized spacial score (nSPS) is 16.1. The molecule has 2 heterocycles. The Hall–Kier alpha value is -1.92. The number of carbonyl (C=O) groups excluding carboxylic acids is 1. The van der Waals surface area contributed by atoms with E-state index < -0.39 is 37.7 Å². The van der Waals surface area contributed by atoms with Crippen molar-refractivity contribution in [1.82, 2.24) is 19.2 Å². The summed E-state index contributed by atoms with van der Waals surface area (Å²) in [6.45, 7) is 3.06. The van der Waals surface area contributed by atoms with Crippen LogP contribution in [0, 0.1) is 16.0 Å². The molecule has 0 saturated carbocycles. The van der Waals surface area contributed by atoms with Gasteiger partial charge in [0, 0.05) is 24.5 Å². The molecule has 14 heteroatoms. The van der Waals surface area contributed by atoms with Crippen LogP contribution in [0.1, 0.15) is 26.2 Å². The lowest BCUT2D eigenvalue weighted by Crippen LogP contribution is -2.51. The minimum Gasteiger partial charge on any atom is -0.390 e. The quantitative estimate of drug-likeness (QED) is 0.403. The summed E-state index contributed by atoms with van der Waals surface area (Å²) in [6, 6.07) is 1.27. The molecule has 0 bridgehead atoms. The summed E-state index contributed by atoms with van der Waals surface area (Å²) < 4.78 is 29.9. The lowest BCUT2D eigenvalue weighted by atomic mass is 9.98. The van der Waals surface area contributed by atoms with Gasteiger partial charge >= 0.3 is 5.95 Å². The van der Waals surface area contributed by atoms with Crippen molar-refractivity contribution < 1.29 is 18.1 Å². The number of aryl methyl sites for hydroxylation is 1. The number of nitrogens with zero attached hydrogens (tertiary/aromatic N) is 4. The van der Waals surface area contributed by atoms with Crippen LogP contribution in [0.2, 0.25) is 15.1 Å². The van der Waals surface area contributed by atoms with E-state index >= 15 is 0 Å². The maximum atomic E-state index is 13.3. The molecule has 1 N–H and O–H groups in total. The summed E-state index contributed by atoms with van der Waals surface area (Å²) >= 11 is 18.1. The fourth-order valence-corrected chi connectivity index (χ4v) is 6.40. The highest BCUT2D eigenvalue weighted by molar-refractivity contribution is 7.89. The topological polar surface area (TPSA) is 127 Å². The van der Waals surface area contributed by atoms with Gasteiger partial charge in [0.15, 0.2) is 0 Å². The van der Waals surface area contributed by atoms with E-state index in [1.807, 2.05) is 0 Å². The molecule has 1 aromatic carbocycles. The van der Waals surface area contributed by atoms with Crippen molar-refractivity contribution in [3.05, 3.63) is 49.7 Å². The second-order valence-electron chi connectivity index (χ2n) is 7.85. The second kappa shape index (κ2) is 10.6. The van der Waals surface area contributed by atoms with Crippen molar-refractivity contribution in [2.45, 2.75) is 43.7 Å². The molecule has 0 spiro atoms. The first-order valence-electron chi connectivity index (χ1n) is 10.1. The molecular weight excluding hydrogens is 517 g/mol. The SMILES string of the molecule is CC1CCN(C(=O)C(CCn2ccnc2[N+](=O)[O-])NS(=O)(=O)c2c(Cl)cc(Cl)cc2Cl)CC1. The van der Waals surface area contributed by atoms with Crippen LogP contribution in [-0.4, -0.2) is 52.8 Å². The van der Waals surface area contributed by atoms with Gasteiger partial charge in [-0.15, -0.1) is 0 Å². The number of likely N-dealkylation sites (tertiary alicyclic amines) is 1. The third kappa shape index (κ3) is 6.15. The largest absolute Gasteiger partial charge is 0.434 e. The van der Waals surface area contributed by atoms with E-state index in [9.17, 15) is 23.3 Å². The van der Waals surface area contributed by atoms with Crippen LogP contribution in [0.5, 0.6) is 0 Å². The molecule has 1 aliphatic heterocycles. The van der Waals surface area contributed by atoms with Gasteiger partial charge in [0.05, 0.1) is 16.6 Å². The van der Waals surface area contributed by atoms with Crippen LogP contribution in [0.15, 0.2) is 29.4 Å². The average molecular weight is 539 g/mol. The number of aromatic nitrogens is 2. The Kier molecular flexibility index (Phi) is 8.22. The first-order valence-corrected chi connectivity index (χ1v) is 12.7. The third-order valence-corrected chi connectivity index (χ3v) is 8.05. The van der Waals surface area contributed by atoms with Gasteiger partial charge in [-0.05, 0) is 35.8 Å². The molecule has 1 atom stereocenters. The second-order valence-corrected chi connectivity index (χ2v) is 10.7. The van der Waals surface area contributed by atoms with E-state index in [2.05, 4.69) is 16.6 Å². The average Bonchev–Trinajstić information content (AvgIpc) is 3.19. The first kappa shape index (κ1) is 25.7. The number of halogens is 3. The monoisotopic (exact) mass is 537 g/mol. The van der Waals surface area contributed by atoms with Crippen molar-refractivity contribution in [2.24, 2.45) is 5.92 Å². The molecule has 0 radical (unpaired) electrons. The van der Waals surface area contributed by atoms with Crippen molar-refractivity contribution in [3.63, 3.8) is 0 Å². The number of piperidine rings is 1. The minimum atomic E-state index is -4.33. The minimum absolute atomic E-state index is 0.0123. The van der Waals surface area contributed by atoms with E-state index in [-0.39, 0.29) is 28.0 Å². The van der Waals surface area contributed by atoms with Crippen molar-refractivity contribution in [3.8, 4) is 0 Å². The predicted octanol–water partition coefficient (Wildman–Crippen LogP) is 3.75. The zero-order valence-corrected chi connectivity index (χ0v) is 20.7. The summed E-state index contributed by atoms with van der Waals surface area (Å²) in [6.07, 6.45) is 4.20. The van der Waals surface area contributed by atoms with Gasteiger partial charge < -0.3 is 15.0 Å². The van der Waals surface area contributed by atoms with Gasteiger partial charge in [-0.1, -0.05) is 46.7 Å². The van der Waals surface area contributed by atoms with Crippen LogP contribution in [0.4, 0.5) is 5.95 Å². The molecule has 2 aromatic rings. The van der Waals surface area contributed by atoms with E-state index in [4.69, 9.17) is 34.8 Å². The van der Waals surface area contributed by atoms with Gasteiger partial charge in [-0.25, -0.2) is 13.0 Å². The van der Waals surface area contributed by atoms with Crippen molar-refractivity contribution in [2.75, 3.05) is 13.1 Å². The van der Waals surface area contributed by atoms with Crippen LogP contribution >= 0.6 is 34.8 Å². The fourth-order valence-electron chi connectivity index (χ4n) is 3.63. The number of nitro groups is 1. The standard InChI is InChI=1S/C19H22Cl3N5O5S/c1-12-2-6-25(7-3-12)18(28)16(4-8-26-9-5-23-19(26)27(29)30)24-33(31,32)17-14(21)10-13(20)11-15(17)22/h5,9-12,16,24H,2-4,6-8H2,1H3. The van der Waals surface area contributed by atoms with E-state index in [0.717, 1.165) is 12.8 Å². The highest BCUT2D eigenvalue weighted by Crippen LogP contribution is 2.33. The maximum absolute atomic E-state index is 13.3. The number of hydrogen-bond acceptors (Lipinski definition) is 6. The molecule has 0 aliphatic carbocycles. The van der Waals surface area contributed by atoms with E-state index in [1.54, 1.807) is 4.90 Å². The molecule has 33 heavy (non-hydrogen) atoms. The Morgan fingerprint density at radius 3 is 2.45 bits per heavy atom. The number of hydrogen-bond donors (Lipinski definition) is 1. The van der Waals surface area contributed by atoms with Gasteiger partial charge in [0.2, 0.25) is 15.9 Å². The van der Waals surface area contributed by atoms with Crippen LogP contribution < -0.4 is 4.72 Å². The number of benzene rings is 1. The zero-order chi connectivity index (χ0) is 24.3. The number of sulfonamides is 1. The van der Waals surface area contributed by atoms with Crippen molar-refractivity contribution in [1.29, 1.82) is 0 Å². The third-order valence-electron chi connectivity index (χ3n) is 5.44.